The molecule has 1 aliphatic rings. The molecule has 0 fully saturated rings. The Bertz CT molecular complexity index is 895. The summed E-state index contributed by atoms with van der Waals surface area (Å²) in [7, 11) is 0. The molecule has 148 valence electrons. The Kier molecular flexibility index (Phi) is 5.89. The van der Waals surface area contributed by atoms with Crippen LogP contribution in [0.2, 0.25) is 0 Å². The molecule has 0 saturated heterocycles. The predicted octanol–water partition coefficient (Wildman–Crippen LogP) is 4.76. The van der Waals surface area contributed by atoms with Crippen LogP contribution in [-0.4, -0.2) is 23.3 Å². The van der Waals surface area contributed by atoms with Gasteiger partial charge in [-0.3, -0.25) is 0 Å². The predicted molar refractivity (Wildman–Crippen MR) is 115 cm³/mol. The van der Waals surface area contributed by atoms with Crippen LogP contribution in [0.1, 0.15) is 54.7 Å². The fourth-order valence-corrected chi connectivity index (χ4v) is 3.61. The Morgan fingerprint density at radius 3 is 2.82 bits per heavy atom. The van der Waals surface area contributed by atoms with Crippen molar-refractivity contribution in [2.75, 3.05) is 11.9 Å². The molecule has 0 saturated carbocycles. The third-order valence-electron chi connectivity index (χ3n) is 4.56. The number of rotatable bonds is 4. The molecule has 0 aliphatic carbocycles. The van der Waals surface area contributed by atoms with Gasteiger partial charge in [-0.2, -0.15) is 0 Å². The van der Waals surface area contributed by atoms with Crippen LogP contribution in [0.5, 0.6) is 5.75 Å². The molecular formula is C22H26N2O3S. The van der Waals surface area contributed by atoms with Gasteiger partial charge in [0.1, 0.15) is 11.4 Å². The van der Waals surface area contributed by atoms with Gasteiger partial charge in [-0.25, -0.2) is 4.79 Å². The lowest BCUT2D eigenvalue weighted by molar-refractivity contribution is 0.0526. The van der Waals surface area contributed by atoms with Crippen molar-refractivity contribution in [1.29, 1.82) is 0 Å². The highest BCUT2D eigenvalue weighted by molar-refractivity contribution is 7.80. The van der Waals surface area contributed by atoms with Gasteiger partial charge in [-0.15, -0.1) is 0 Å². The molecule has 2 aromatic rings. The number of ether oxygens (including phenoxy) is 2. The quantitative estimate of drug-likeness (QED) is 0.572. The molecule has 5 nitrogen and oxygen atoms in total. The van der Waals surface area contributed by atoms with Gasteiger partial charge in [0.2, 0.25) is 0 Å². The zero-order valence-corrected chi connectivity index (χ0v) is 17.5. The van der Waals surface area contributed by atoms with Gasteiger partial charge in [0.05, 0.1) is 18.2 Å². The van der Waals surface area contributed by atoms with Crippen molar-refractivity contribution in [3.8, 4) is 5.75 Å². The Labute approximate surface area is 171 Å². The van der Waals surface area contributed by atoms with E-state index >= 15 is 0 Å². The summed E-state index contributed by atoms with van der Waals surface area (Å²) in [6.07, 6.45) is 0.785. The zero-order valence-electron chi connectivity index (χ0n) is 16.7. The molecule has 0 spiro atoms. The topological polar surface area (TPSA) is 59.6 Å². The number of anilines is 1. The van der Waals surface area contributed by atoms with Crippen LogP contribution in [0.15, 0.2) is 42.5 Å². The van der Waals surface area contributed by atoms with Gasteiger partial charge in [0, 0.05) is 17.7 Å². The Morgan fingerprint density at radius 2 is 2.07 bits per heavy atom. The summed E-state index contributed by atoms with van der Waals surface area (Å²) in [5.74, 6) is 0.543. The van der Waals surface area contributed by atoms with Crippen molar-refractivity contribution in [2.45, 2.75) is 45.8 Å². The zero-order chi connectivity index (χ0) is 20.3. The number of carbonyl (C=O) groups excluding carboxylic acids is 1. The highest BCUT2D eigenvalue weighted by Gasteiger charge is 2.34. The van der Waals surface area contributed by atoms with Crippen molar-refractivity contribution >= 4 is 29.0 Å². The average Bonchev–Trinajstić information content (AvgIpc) is 2.60. The van der Waals surface area contributed by atoms with Gasteiger partial charge >= 0.3 is 5.97 Å². The molecule has 0 unspecified atom stereocenters. The lowest BCUT2D eigenvalue weighted by Crippen LogP contribution is -2.42. The van der Waals surface area contributed by atoms with Crippen LogP contribution in [0.3, 0.4) is 0 Å². The smallest absolute Gasteiger partial charge is 0.338 e. The molecule has 1 aliphatic heterocycles. The number of esters is 1. The molecule has 6 heteroatoms. The number of fused-ring (bicyclic) bond motifs is 1. The number of carbonyl (C=O) groups is 1. The third kappa shape index (κ3) is 4.81. The number of aryl methyl sites for hydroxylation is 1. The summed E-state index contributed by atoms with van der Waals surface area (Å²) in [5, 5.41) is 7.06. The molecular weight excluding hydrogens is 372 g/mol. The second-order valence-corrected chi connectivity index (χ2v) is 7.97. The number of hydrogen-bond donors (Lipinski definition) is 2. The van der Waals surface area contributed by atoms with Crippen molar-refractivity contribution in [3.05, 3.63) is 59.2 Å². The van der Waals surface area contributed by atoms with Crippen molar-refractivity contribution in [2.24, 2.45) is 0 Å². The van der Waals surface area contributed by atoms with Gasteiger partial charge < -0.3 is 20.1 Å². The maximum atomic E-state index is 11.9. The first kappa shape index (κ1) is 20.1. The lowest BCUT2D eigenvalue weighted by Gasteiger charge is -2.38. The first-order valence-electron chi connectivity index (χ1n) is 9.41. The molecule has 3 rings (SSSR count). The van der Waals surface area contributed by atoms with E-state index in [1.807, 2.05) is 6.07 Å². The van der Waals surface area contributed by atoms with E-state index in [0.717, 1.165) is 29.0 Å². The van der Waals surface area contributed by atoms with E-state index in [4.69, 9.17) is 21.7 Å². The van der Waals surface area contributed by atoms with Crippen molar-refractivity contribution in [3.63, 3.8) is 0 Å². The first-order valence-corrected chi connectivity index (χ1v) is 9.82. The molecule has 1 atom stereocenters. The Morgan fingerprint density at radius 1 is 1.29 bits per heavy atom. The van der Waals surface area contributed by atoms with Gasteiger partial charge in [0.25, 0.3) is 0 Å². The monoisotopic (exact) mass is 398 g/mol. The second kappa shape index (κ2) is 8.19. The van der Waals surface area contributed by atoms with Crippen LogP contribution < -0.4 is 15.4 Å². The van der Waals surface area contributed by atoms with Gasteiger partial charge in [-0.1, -0.05) is 18.2 Å². The summed E-state index contributed by atoms with van der Waals surface area (Å²) in [6.45, 7) is 8.33. The van der Waals surface area contributed by atoms with Crippen LogP contribution >= 0.6 is 12.2 Å². The third-order valence-corrected chi connectivity index (χ3v) is 4.78. The van der Waals surface area contributed by atoms with Gasteiger partial charge in [-0.05, 0) is 69.7 Å². The fourth-order valence-electron chi connectivity index (χ4n) is 3.35. The van der Waals surface area contributed by atoms with E-state index in [1.165, 1.54) is 0 Å². The van der Waals surface area contributed by atoms with E-state index < -0.39 is 0 Å². The van der Waals surface area contributed by atoms with E-state index in [0.29, 0.717) is 17.3 Å². The van der Waals surface area contributed by atoms with Crippen LogP contribution in [0.25, 0.3) is 0 Å². The minimum Gasteiger partial charge on any atom is -0.487 e. The maximum absolute atomic E-state index is 11.9. The van der Waals surface area contributed by atoms with E-state index in [2.05, 4.69) is 49.6 Å². The molecule has 0 aromatic heterocycles. The normalized spacial score (nSPS) is 17.1. The summed E-state index contributed by atoms with van der Waals surface area (Å²) < 4.78 is 11.2. The van der Waals surface area contributed by atoms with E-state index in [1.54, 1.807) is 25.1 Å². The molecule has 2 aromatic carbocycles. The van der Waals surface area contributed by atoms with Gasteiger partial charge in [0.15, 0.2) is 5.11 Å². The number of thiocarbonyl (C=S) groups is 1. The van der Waals surface area contributed by atoms with Crippen LogP contribution in [-0.2, 0) is 4.74 Å². The summed E-state index contributed by atoms with van der Waals surface area (Å²) in [5.41, 5.74) is 3.18. The SMILES string of the molecule is CCOC(=O)c1cccc(NC(=S)N[C@H]2CC(C)(C)Oc3cc(C)ccc32)c1. The average molecular weight is 399 g/mol. The highest BCUT2D eigenvalue weighted by Crippen LogP contribution is 2.39. The summed E-state index contributed by atoms with van der Waals surface area (Å²) in [4.78, 5) is 11.9. The van der Waals surface area contributed by atoms with Crippen LogP contribution in [0.4, 0.5) is 5.69 Å². The molecule has 2 N–H and O–H groups in total. The molecule has 1 heterocycles. The standard InChI is InChI=1S/C22H26N2O3S/c1-5-26-20(25)15-7-6-8-16(12-15)23-21(28)24-18-13-22(3,4)27-19-11-14(2)9-10-17(18)19/h6-12,18H,5,13H2,1-4H3,(H2,23,24,28)/t18-/m0/s1. The Hall–Kier alpha value is -2.60. The number of nitrogens with one attached hydrogen (secondary N) is 2. The fraction of sp³-hybridized carbons (Fsp3) is 0.364. The second-order valence-electron chi connectivity index (χ2n) is 7.56. The Balaban J connectivity index is 1.73. The van der Waals surface area contributed by atoms with E-state index in [9.17, 15) is 4.79 Å². The van der Waals surface area contributed by atoms with Crippen molar-refractivity contribution in [1.82, 2.24) is 5.32 Å². The molecule has 0 radical (unpaired) electrons. The maximum Gasteiger partial charge on any atom is 0.338 e. The first-order chi connectivity index (χ1) is 13.3. The van der Waals surface area contributed by atoms with Crippen LogP contribution in [0, 0.1) is 6.92 Å². The molecule has 28 heavy (non-hydrogen) atoms. The highest BCUT2D eigenvalue weighted by atomic mass is 32.1. The lowest BCUT2D eigenvalue weighted by atomic mass is 9.89. The largest absolute Gasteiger partial charge is 0.487 e. The minimum absolute atomic E-state index is 0.0348. The number of hydrogen-bond acceptors (Lipinski definition) is 4. The minimum atomic E-state index is -0.347. The number of benzene rings is 2. The summed E-state index contributed by atoms with van der Waals surface area (Å²) >= 11 is 5.53. The molecule has 0 amide bonds. The summed E-state index contributed by atoms with van der Waals surface area (Å²) in [6, 6.07) is 13.4. The van der Waals surface area contributed by atoms with E-state index in [-0.39, 0.29) is 17.6 Å². The van der Waals surface area contributed by atoms with Crippen molar-refractivity contribution < 1.29 is 14.3 Å². The molecule has 0 bridgehead atoms.